The molecular formula is C49H52N4O7. The third kappa shape index (κ3) is 10.4. The summed E-state index contributed by atoms with van der Waals surface area (Å²) >= 11 is 0. The number of pyridine rings is 1. The first-order chi connectivity index (χ1) is 29.2. The second-order valence-electron chi connectivity index (χ2n) is 15.5. The fraction of sp³-hybridized carbons (Fsp3) is 0.286. The number of benzene rings is 5. The predicted octanol–water partition coefficient (Wildman–Crippen LogP) is 5.76. The molecule has 1 saturated heterocycles. The van der Waals surface area contributed by atoms with Crippen LogP contribution in [0.15, 0.2) is 138 Å². The highest BCUT2D eigenvalue weighted by atomic mass is 16.5. The number of likely N-dealkylation sites (tertiary alicyclic amines) is 1. The van der Waals surface area contributed by atoms with Gasteiger partial charge in [0.05, 0.1) is 18.2 Å². The van der Waals surface area contributed by atoms with Crippen LogP contribution in [-0.4, -0.2) is 76.4 Å². The SMILES string of the molecule is O=C(NCCc1cccc([C@](O)(C(=O)OCC2CCN(Cc3ccccc3)CC2)c2ccccc2)c1)c1ccc(CCNC[C@H](O)c2ccc(O)c3[nH]c(=O)ccc23)cc1. The van der Waals surface area contributed by atoms with E-state index in [-0.39, 0.29) is 36.3 Å². The molecular weight excluding hydrogens is 757 g/mol. The molecule has 6 N–H and O–H groups in total. The van der Waals surface area contributed by atoms with E-state index in [9.17, 15) is 29.7 Å². The topological polar surface area (TPSA) is 164 Å². The molecule has 60 heavy (non-hydrogen) atoms. The molecule has 2 atom stereocenters. The summed E-state index contributed by atoms with van der Waals surface area (Å²) in [5.41, 5.74) is 3.07. The number of hydrogen-bond donors (Lipinski definition) is 6. The third-order valence-electron chi connectivity index (χ3n) is 11.3. The molecule has 0 saturated carbocycles. The number of aliphatic hydroxyl groups is 2. The normalized spacial score (nSPS) is 15.0. The van der Waals surface area contributed by atoms with Gasteiger partial charge in [0, 0.05) is 36.7 Å². The zero-order valence-corrected chi connectivity index (χ0v) is 33.6. The molecule has 1 amide bonds. The Bertz CT molecular complexity index is 2420. The first-order valence-corrected chi connectivity index (χ1v) is 20.6. The Kier molecular flexibility index (Phi) is 13.8. The zero-order chi connectivity index (χ0) is 41.9. The van der Waals surface area contributed by atoms with Crippen molar-refractivity contribution in [3.8, 4) is 5.75 Å². The molecule has 0 spiro atoms. The number of rotatable bonds is 17. The van der Waals surface area contributed by atoms with Gasteiger partial charge in [-0.3, -0.25) is 14.5 Å². The van der Waals surface area contributed by atoms with Crippen molar-refractivity contribution in [2.45, 2.75) is 43.9 Å². The molecule has 0 unspecified atom stereocenters. The van der Waals surface area contributed by atoms with Gasteiger partial charge < -0.3 is 35.7 Å². The van der Waals surface area contributed by atoms with Gasteiger partial charge in [0.1, 0.15) is 5.75 Å². The number of carbonyl (C=O) groups excluding carboxylic acids is 2. The molecule has 2 heterocycles. The standard InChI is InChI=1S/C49H52N4O7/c54-43-20-18-41(42-19-21-45(56)52-46(42)43)44(55)31-50-26-22-34-14-16-38(17-15-34)47(57)51-27-23-35-10-7-13-40(30-35)49(59,39-11-5-2-6-12-39)48(58)60-33-37-24-28-53(29-25-37)32-36-8-3-1-4-9-36/h1-21,30,37,44,50,54-55,59H,22-29,31-33H2,(H,51,57)(H,52,56)/t44-,49-/m0/s1. The summed E-state index contributed by atoms with van der Waals surface area (Å²) in [5, 5.41) is 39.9. The number of aromatic amines is 1. The fourth-order valence-electron chi connectivity index (χ4n) is 7.86. The van der Waals surface area contributed by atoms with E-state index in [0.29, 0.717) is 59.1 Å². The van der Waals surface area contributed by atoms with Crippen LogP contribution in [-0.2, 0) is 34.5 Å². The van der Waals surface area contributed by atoms with Gasteiger partial charge in [-0.05, 0) is 109 Å². The quantitative estimate of drug-likeness (QED) is 0.0497. The van der Waals surface area contributed by atoms with Gasteiger partial charge in [-0.25, -0.2) is 4.79 Å². The number of nitrogens with one attached hydrogen (secondary N) is 3. The number of piperidine rings is 1. The van der Waals surface area contributed by atoms with Gasteiger partial charge in [-0.1, -0.05) is 103 Å². The number of fused-ring (bicyclic) bond motifs is 1. The molecule has 6 aromatic rings. The zero-order valence-electron chi connectivity index (χ0n) is 33.6. The van der Waals surface area contributed by atoms with Gasteiger partial charge in [-0.15, -0.1) is 0 Å². The first-order valence-electron chi connectivity index (χ1n) is 20.6. The number of amides is 1. The molecule has 310 valence electrons. The Labute approximate surface area is 349 Å². The van der Waals surface area contributed by atoms with Crippen LogP contribution >= 0.6 is 0 Å². The molecule has 7 rings (SSSR count). The van der Waals surface area contributed by atoms with Crippen LogP contribution in [0.1, 0.15) is 62.7 Å². The van der Waals surface area contributed by atoms with Crippen molar-refractivity contribution in [2.75, 3.05) is 39.3 Å². The first kappa shape index (κ1) is 42.0. The Morgan fingerprint density at radius 2 is 1.47 bits per heavy atom. The number of H-pyrrole nitrogens is 1. The molecule has 1 aliphatic rings. The van der Waals surface area contributed by atoms with E-state index < -0.39 is 17.7 Å². The summed E-state index contributed by atoms with van der Waals surface area (Å²) in [4.78, 5) is 43.7. The minimum absolute atomic E-state index is 0.0562. The van der Waals surface area contributed by atoms with Crippen LogP contribution in [0.3, 0.4) is 0 Å². The fourth-order valence-corrected chi connectivity index (χ4v) is 7.86. The van der Waals surface area contributed by atoms with Crippen LogP contribution in [0.2, 0.25) is 0 Å². The average Bonchev–Trinajstić information content (AvgIpc) is 3.28. The number of carbonyl (C=O) groups is 2. The van der Waals surface area contributed by atoms with Crippen molar-refractivity contribution in [3.05, 3.63) is 183 Å². The molecule has 11 nitrogen and oxygen atoms in total. The average molecular weight is 809 g/mol. The van der Waals surface area contributed by atoms with Crippen molar-refractivity contribution in [2.24, 2.45) is 5.92 Å². The molecule has 0 bridgehead atoms. The number of aliphatic hydroxyl groups excluding tert-OH is 1. The Balaban J connectivity index is 0.882. The van der Waals surface area contributed by atoms with Crippen LogP contribution in [0.25, 0.3) is 10.9 Å². The van der Waals surface area contributed by atoms with Gasteiger partial charge >= 0.3 is 5.97 Å². The van der Waals surface area contributed by atoms with E-state index >= 15 is 0 Å². The highest BCUT2D eigenvalue weighted by Crippen LogP contribution is 2.33. The maximum absolute atomic E-state index is 13.9. The molecule has 0 radical (unpaired) electrons. The summed E-state index contributed by atoms with van der Waals surface area (Å²) in [6, 6.07) is 40.0. The van der Waals surface area contributed by atoms with Gasteiger partial charge in [0.2, 0.25) is 11.2 Å². The monoisotopic (exact) mass is 808 g/mol. The number of hydrogen-bond acceptors (Lipinski definition) is 9. The van der Waals surface area contributed by atoms with E-state index in [1.54, 1.807) is 60.7 Å². The molecule has 1 aromatic heterocycles. The summed E-state index contributed by atoms with van der Waals surface area (Å²) in [5.74, 6) is -0.758. The second kappa shape index (κ2) is 19.8. The number of aromatic hydroxyl groups is 1. The molecule has 11 heteroatoms. The second-order valence-corrected chi connectivity index (χ2v) is 15.5. The number of nitrogens with zero attached hydrogens (tertiary/aromatic N) is 1. The lowest BCUT2D eigenvalue weighted by molar-refractivity contribution is -0.164. The lowest BCUT2D eigenvalue weighted by Crippen LogP contribution is -2.40. The number of esters is 1. The lowest BCUT2D eigenvalue weighted by Gasteiger charge is -2.33. The Morgan fingerprint density at radius 1 is 0.783 bits per heavy atom. The number of phenolic OH excluding ortho intramolecular Hbond substituents is 1. The summed E-state index contributed by atoms with van der Waals surface area (Å²) in [6.07, 6.45) is 2.12. The lowest BCUT2D eigenvalue weighted by atomic mass is 9.85. The molecule has 1 fully saturated rings. The highest BCUT2D eigenvalue weighted by Gasteiger charge is 2.42. The Hall–Kier alpha value is -6.11. The smallest absolute Gasteiger partial charge is 0.347 e. The highest BCUT2D eigenvalue weighted by molar-refractivity contribution is 5.94. The van der Waals surface area contributed by atoms with Gasteiger partial charge in [0.15, 0.2) is 0 Å². The minimum Gasteiger partial charge on any atom is -0.506 e. The van der Waals surface area contributed by atoms with Gasteiger partial charge in [-0.2, -0.15) is 0 Å². The van der Waals surface area contributed by atoms with Crippen molar-refractivity contribution in [1.29, 1.82) is 0 Å². The van der Waals surface area contributed by atoms with Crippen molar-refractivity contribution in [1.82, 2.24) is 20.5 Å². The van der Waals surface area contributed by atoms with E-state index in [0.717, 1.165) is 43.6 Å². The van der Waals surface area contributed by atoms with Crippen LogP contribution in [0, 0.1) is 5.92 Å². The van der Waals surface area contributed by atoms with Crippen LogP contribution in [0.5, 0.6) is 5.75 Å². The molecule has 0 aliphatic carbocycles. The van der Waals surface area contributed by atoms with Crippen LogP contribution in [0.4, 0.5) is 0 Å². The van der Waals surface area contributed by atoms with Crippen molar-refractivity contribution in [3.63, 3.8) is 0 Å². The summed E-state index contributed by atoms with van der Waals surface area (Å²) < 4.78 is 5.90. The Morgan fingerprint density at radius 3 is 2.22 bits per heavy atom. The van der Waals surface area contributed by atoms with Gasteiger partial charge in [0.25, 0.3) is 5.91 Å². The summed E-state index contributed by atoms with van der Waals surface area (Å²) in [7, 11) is 0. The van der Waals surface area contributed by atoms with E-state index in [1.165, 1.54) is 17.7 Å². The largest absolute Gasteiger partial charge is 0.506 e. The minimum atomic E-state index is -2.00. The maximum atomic E-state index is 13.9. The van der Waals surface area contributed by atoms with Crippen molar-refractivity contribution < 1.29 is 29.6 Å². The van der Waals surface area contributed by atoms with E-state index in [4.69, 9.17) is 4.74 Å². The summed E-state index contributed by atoms with van der Waals surface area (Å²) in [6.45, 7) is 4.19. The maximum Gasteiger partial charge on any atom is 0.347 e. The number of phenols is 1. The van der Waals surface area contributed by atoms with Crippen LogP contribution < -0.4 is 16.2 Å². The van der Waals surface area contributed by atoms with E-state index in [2.05, 4.69) is 44.8 Å². The molecule has 5 aromatic carbocycles. The predicted molar refractivity (Wildman–Crippen MR) is 232 cm³/mol. The molecule has 1 aliphatic heterocycles. The van der Waals surface area contributed by atoms with Crippen molar-refractivity contribution >= 4 is 22.8 Å². The number of aromatic nitrogens is 1. The number of ether oxygens (including phenoxy) is 1. The third-order valence-corrected chi connectivity index (χ3v) is 11.3. The van der Waals surface area contributed by atoms with E-state index in [1.807, 2.05) is 36.4 Å².